The van der Waals surface area contributed by atoms with Crippen molar-refractivity contribution in [3.05, 3.63) is 126 Å². The Hall–Kier alpha value is -4.84. The molecule has 0 bridgehead atoms. The van der Waals surface area contributed by atoms with Gasteiger partial charge in [0, 0.05) is 23.3 Å². The third-order valence-electron chi connectivity index (χ3n) is 5.41. The Kier molecular flexibility index (Phi) is 7.23. The summed E-state index contributed by atoms with van der Waals surface area (Å²) in [5.74, 6) is 0.673. The van der Waals surface area contributed by atoms with E-state index in [1.807, 2.05) is 60.7 Å². The topological polar surface area (TPSA) is 91.8 Å². The highest BCUT2D eigenvalue weighted by Crippen LogP contribution is 2.22. The zero-order chi connectivity index (χ0) is 24.6. The summed E-state index contributed by atoms with van der Waals surface area (Å²) >= 11 is 0. The van der Waals surface area contributed by atoms with Crippen LogP contribution in [0.5, 0.6) is 5.75 Å². The molecule has 0 atom stereocenters. The van der Waals surface area contributed by atoms with E-state index >= 15 is 0 Å². The number of nitrogens with one attached hydrogen (secondary N) is 2. The highest BCUT2D eigenvalue weighted by Gasteiger charge is 2.10. The van der Waals surface area contributed by atoms with Gasteiger partial charge in [0.15, 0.2) is 0 Å². The summed E-state index contributed by atoms with van der Waals surface area (Å²) in [6.45, 7) is 2.47. The lowest BCUT2D eigenvalue weighted by Gasteiger charge is -2.12. The van der Waals surface area contributed by atoms with Gasteiger partial charge in [-0.05, 0) is 54.4 Å². The number of benzene rings is 3. The molecule has 0 radical (unpaired) electrons. The second-order valence-electron chi connectivity index (χ2n) is 7.79. The predicted molar refractivity (Wildman–Crippen MR) is 138 cm³/mol. The highest BCUT2D eigenvalue weighted by molar-refractivity contribution is 6.08. The Morgan fingerprint density at radius 3 is 2.26 bits per heavy atom. The van der Waals surface area contributed by atoms with Crippen LogP contribution in [0.1, 0.15) is 11.1 Å². The quantitative estimate of drug-likeness (QED) is 0.208. The maximum Gasteiger partial charge on any atom is 0.298 e. The van der Waals surface area contributed by atoms with Crippen molar-refractivity contribution in [2.75, 3.05) is 0 Å². The summed E-state index contributed by atoms with van der Waals surface area (Å²) in [6.07, 6.45) is 3.39. The largest absolute Gasteiger partial charge is 0.429 e. The van der Waals surface area contributed by atoms with Crippen molar-refractivity contribution in [3.63, 3.8) is 0 Å². The number of aromatic nitrogens is 2. The first-order chi connectivity index (χ1) is 17.1. The van der Waals surface area contributed by atoms with E-state index in [2.05, 4.69) is 24.0 Å². The summed E-state index contributed by atoms with van der Waals surface area (Å²) in [6, 6.07) is 30.3. The third-order valence-corrected chi connectivity index (χ3v) is 5.41. The van der Waals surface area contributed by atoms with Gasteiger partial charge >= 0.3 is 0 Å². The fourth-order valence-corrected chi connectivity index (χ4v) is 3.62. The second kappa shape index (κ2) is 10.9. The summed E-state index contributed by atoms with van der Waals surface area (Å²) in [4.78, 5) is 14.7. The average Bonchev–Trinajstić information content (AvgIpc) is 2.89. The summed E-state index contributed by atoms with van der Waals surface area (Å²) in [7, 11) is 0. The van der Waals surface area contributed by atoms with E-state index in [0.717, 1.165) is 22.0 Å². The minimum Gasteiger partial charge on any atom is -0.429 e. The van der Waals surface area contributed by atoms with E-state index in [0.29, 0.717) is 17.8 Å². The number of hydrogen-bond donors (Lipinski definition) is 2. The van der Waals surface area contributed by atoms with Gasteiger partial charge in [-0.1, -0.05) is 66.2 Å². The van der Waals surface area contributed by atoms with Crippen LogP contribution in [-0.4, -0.2) is 21.9 Å². The maximum atomic E-state index is 10.4. The van der Waals surface area contributed by atoms with Crippen LogP contribution in [0.25, 0.3) is 22.0 Å². The Bertz CT molecular complexity index is 1520. The lowest BCUT2D eigenvalue weighted by Crippen LogP contribution is -2.26. The molecule has 0 aliphatic rings. The molecule has 2 heterocycles. The molecule has 5 rings (SSSR count). The van der Waals surface area contributed by atoms with E-state index < -0.39 is 0 Å². The Morgan fingerprint density at radius 2 is 1.60 bits per heavy atom. The number of ether oxygens (including phenoxy) is 1. The van der Waals surface area contributed by atoms with Crippen molar-refractivity contribution < 1.29 is 9.53 Å². The van der Waals surface area contributed by atoms with Gasteiger partial charge in [-0.3, -0.25) is 25.2 Å². The van der Waals surface area contributed by atoms with Gasteiger partial charge in [0.1, 0.15) is 17.1 Å². The molecule has 0 fully saturated rings. The zero-order valence-corrected chi connectivity index (χ0v) is 19.2. The van der Waals surface area contributed by atoms with Crippen LogP contribution in [0, 0.1) is 17.7 Å². The number of carbonyl (C=O) groups excluding carboxylic acids is 1. The highest BCUT2D eigenvalue weighted by atomic mass is 16.5. The van der Waals surface area contributed by atoms with Crippen LogP contribution >= 0.6 is 0 Å². The second-order valence-corrected chi connectivity index (χ2v) is 7.79. The molecule has 3 aromatic carbocycles. The molecule has 0 spiro atoms. The van der Waals surface area contributed by atoms with Gasteiger partial charge < -0.3 is 4.74 Å². The molecule has 0 amide bonds. The summed E-state index contributed by atoms with van der Waals surface area (Å²) < 4.78 is 6.32. The predicted octanol–water partition coefficient (Wildman–Crippen LogP) is 5.59. The number of hydrogen-bond acceptors (Lipinski definition) is 5. The molecule has 6 heteroatoms. The number of para-hydroxylation sites is 1. The van der Waals surface area contributed by atoms with E-state index in [9.17, 15) is 4.79 Å². The lowest BCUT2D eigenvalue weighted by molar-refractivity contribution is -0.120. The molecule has 0 aliphatic heterocycles. The SMILES string of the molecule is Cc1ccccc1.N=C(c1ccnc2ccccc12)n1ccc(-c2ccc(OC=O)cc2)cc1=N. The maximum absolute atomic E-state index is 10.4. The van der Waals surface area contributed by atoms with E-state index in [4.69, 9.17) is 15.6 Å². The van der Waals surface area contributed by atoms with E-state index in [-0.39, 0.29) is 11.3 Å². The molecule has 0 aliphatic carbocycles. The molecule has 0 saturated carbocycles. The van der Waals surface area contributed by atoms with E-state index in [1.54, 1.807) is 36.7 Å². The van der Waals surface area contributed by atoms with Crippen LogP contribution < -0.4 is 10.2 Å². The molecule has 5 aromatic rings. The van der Waals surface area contributed by atoms with Gasteiger partial charge in [-0.15, -0.1) is 0 Å². The molecule has 35 heavy (non-hydrogen) atoms. The first kappa shape index (κ1) is 23.3. The molecule has 6 nitrogen and oxygen atoms in total. The number of pyridine rings is 2. The number of rotatable bonds is 4. The number of nitrogens with zero attached hydrogens (tertiary/aromatic N) is 2. The van der Waals surface area contributed by atoms with Gasteiger partial charge in [-0.25, -0.2) is 0 Å². The molecule has 172 valence electrons. The van der Waals surface area contributed by atoms with E-state index in [1.165, 1.54) is 10.1 Å². The fraction of sp³-hybridized carbons (Fsp3) is 0.0345. The van der Waals surface area contributed by atoms with Crippen LogP contribution in [0.15, 0.2) is 109 Å². The van der Waals surface area contributed by atoms with Gasteiger partial charge in [-0.2, -0.15) is 0 Å². The van der Waals surface area contributed by atoms with Crippen LogP contribution in [0.4, 0.5) is 0 Å². The Morgan fingerprint density at radius 1 is 0.886 bits per heavy atom. The van der Waals surface area contributed by atoms with Crippen molar-refractivity contribution >= 4 is 23.2 Å². The van der Waals surface area contributed by atoms with Crippen molar-refractivity contribution in [2.24, 2.45) is 0 Å². The molecular formula is C29H24N4O2. The van der Waals surface area contributed by atoms with Crippen molar-refractivity contribution in [3.8, 4) is 16.9 Å². The number of fused-ring (bicyclic) bond motifs is 1. The standard InChI is InChI=1S/C22H16N4O2.C7H8/c23-21-13-16(15-5-7-17(8-6-15)28-14-27)10-12-26(21)22(24)19-9-11-25-20-4-2-1-3-18(19)20;1-7-5-3-2-4-6-7/h1-14,23-24H;2-6H,1H3. The fourth-order valence-electron chi connectivity index (χ4n) is 3.62. The normalized spacial score (nSPS) is 10.2. The molecule has 2 N–H and O–H groups in total. The molecule has 0 saturated heterocycles. The Labute approximate surface area is 203 Å². The van der Waals surface area contributed by atoms with Crippen molar-refractivity contribution in [1.29, 1.82) is 10.8 Å². The van der Waals surface area contributed by atoms with Crippen molar-refractivity contribution in [2.45, 2.75) is 6.92 Å². The minimum absolute atomic E-state index is 0.191. The van der Waals surface area contributed by atoms with Gasteiger partial charge in [0.05, 0.1) is 5.52 Å². The average molecular weight is 461 g/mol. The monoisotopic (exact) mass is 460 g/mol. The van der Waals surface area contributed by atoms with Crippen molar-refractivity contribution in [1.82, 2.24) is 9.55 Å². The summed E-state index contributed by atoms with van der Waals surface area (Å²) in [5, 5.41) is 17.9. The number of aryl methyl sites for hydroxylation is 1. The smallest absolute Gasteiger partial charge is 0.298 e. The lowest BCUT2D eigenvalue weighted by atomic mass is 10.1. The number of carbonyl (C=O) groups is 1. The minimum atomic E-state index is 0.191. The van der Waals surface area contributed by atoms with Gasteiger partial charge in [0.2, 0.25) is 0 Å². The van der Waals surface area contributed by atoms with Crippen LogP contribution in [0.3, 0.4) is 0 Å². The Balaban J connectivity index is 0.000000356. The molecular weight excluding hydrogens is 436 g/mol. The molecule has 0 unspecified atom stereocenters. The first-order valence-electron chi connectivity index (χ1n) is 11.0. The zero-order valence-electron chi connectivity index (χ0n) is 19.2. The third kappa shape index (κ3) is 5.57. The van der Waals surface area contributed by atoms with Crippen LogP contribution in [-0.2, 0) is 4.79 Å². The summed E-state index contributed by atoms with van der Waals surface area (Å²) in [5.41, 5.74) is 4.77. The van der Waals surface area contributed by atoms with Crippen LogP contribution in [0.2, 0.25) is 0 Å². The van der Waals surface area contributed by atoms with Gasteiger partial charge in [0.25, 0.3) is 6.47 Å². The molecule has 2 aromatic heterocycles. The first-order valence-corrected chi connectivity index (χ1v) is 11.0.